The van der Waals surface area contributed by atoms with Gasteiger partial charge in [0.05, 0.1) is 17.9 Å². The molecule has 1 aliphatic heterocycles. The molecule has 0 saturated heterocycles. The summed E-state index contributed by atoms with van der Waals surface area (Å²) in [5.74, 6) is 0. The van der Waals surface area contributed by atoms with E-state index < -0.39 is 23.9 Å². The third-order valence-electron chi connectivity index (χ3n) is 4.00. The van der Waals surface area contributed by atoms with Crippen molar-refractivity contribution in [3.05, 3.63) is 29.3 Å². The number of halogens is 3. The Balaban J connectivity index is 2.44. The minimum absolute atomic E-state index is 0.182. The number of alkyl halides is 3. The summed E-state index contributed by atoms with van der Waals surface area (Å²) in [6, 6.07) is 2.61. The van der Waals surface area contributed by atoms with Gasteiger partial charge in [0.2, 0.25) is 0 Å². The van der Waals surface area contributed by atoms with Gasteiger partial charge < -0.3 is 10.5 Å². The maximum absolute atomic E-state index is 12.9. The Morgan fingerprint density at radius 1 is 1.39 bits per heavy atom. The topological polar surface area (TPSA) is 55.6 Å². The van der Waals surface area contributed by atoms with Gasteiger partial charge in [0.15, 0.2) is 0 Å². The highest BCUT2D eigenvalue weighted by Crippen LogP contribution is 2.40. The highest BCUT2D eigenvalue weighted by Gasteiger charge is 2.37. The number of ether oxygens (including phenoxy) is 1. The van der Waals surface area contributed by atoms with Crippen LogP contribution in [0.15, 0.2) is 18.2 Å². The first-order valence-electron chi connectivity index (χ1n) is 7.72. The molecule has 1 heterocycles. The minimum atomic E-state index is -4.44. The number of rotatable bonds is 3. The van der Waals surface area contributed by atoms with Gasteiger partial charge in [0.25, 0.3) is 0 Å². The van der Waals surface area contributed by atoms with Crippen LogP contribution in [0.25, 0.3) is 0 Å². The smallest absolute Gasteiger partial charge is 0.416 e. The fraction of sp³-hybridized carbons (Fsp3) is 0.562. The molecule has 1 aromatic rings. The van der Waals surface area contributed by atoms with Crippen molar-refractivity contribution in [2.24, 2.45) is 5.73 Å². The van der Waals surface area contributed by atoms with Gasteiger partial charge in [0.1, 0.15) is 0 Å². The first-order chi connectivity index (χ1) is 10.8. The van der Waals surface area contributed by atoms with Crippen molar-refractivity contribution >= 4 is 11.8 Å². The molecule has 2 rings (SSSR count). The summed E-state index contributed by atoms with van der Waals surface area (Å²) in [5, 5.41) is 0. The molecule has 0 unspecified atom stereocenters. The summed E-state index contributed by atoms with van der Waals surface area (Å²) in [5.41, 5.74) is 6.02. The van der Waals surface area contributed by atoms with E-state index in [0.29, 0.717) is 30.5 Å². The Kier molecular flexibility index (Phi) is 5.19. The number of hydrogen-bond acceptors (Lipinski definition) is 3. The van der Waals surface area contributed by atoms with E-state index >= 15 is 0 Å². The van der Waals surface area contributed by atoms with E-state index in [9.17, 15) is 18.0 Å². The van der Waals surface area contributed by atoms with E-state index in [2.05, 4.69) is 0 Å². The Labute approximate surface area is 133 Å². The molecule has 4 nitrogen and oxygen atoms in total. The summed E-state index contributed by atoms with van der Waals surface area (Å²) < 4.78 is 43.9. The van der Waals surface area contributed by atoms with Crippen LogP contribution >= 0.6 is 0 Å². The third kappa shape index (κ3) is 3.60. The van der Waals surface area contributed by atoms with Crippen LogP contribution < -0.4 is 10.6 Å². The maximum atomic E-state index is 12.9. The second kappa shape index (κ2) is 6.78. The fourth-order valence-corrected chi connectivity index (χ4v) is 2.82. The molecule has 0 saturated carbocycles. The molecule has 7 heteroatoms. The van der Waals surface area contributed by atoms with Crippen LogP contribution in [0.2, 0.25) is 0 Å². The number of anilines is 1. The van der Waals surface area contributed by atoms with Gasteiger partial charge in [-0.15, -0.1) is 0 Å². The van der Waals surface area contributed by atoms with E-state index in [-0.39, 0.29) is 12.6 Å². The van der Waals surface area contributed by atoms with Crippen molar-refractivity contribution < 1.29 is 22.7 Å². The van der Waals surface area contributed by atoms with E-state index in [1.54, 1.807) is 0 Å². The molecule has 23 heavy (non-hydrogen) atoms. The summed E-state index contributed by atoms with van der Waals surface area (Å²) >= 11 is 0. The van der Waals surface area contributed by atoms with Crippen molar-refractivity contribution in [1.82, 2.24) is 0 Å². The minimum Gasteiger partial charge on any atom is -0.449 e. The molecule has 128 valence electrons. The number of nitrogens with two attached hydrogens (primary N) is 1. The highest BCUT2D eigenvalue weighted by molar-refractivity contribution is 5.90. The van der Waals surface area contributed by atoms with Crippen molar-refractivity contribution in [1.29, 1.82) is 0 Å². The first-order valence-corrected chi connectivity index (χ1v) is 7.72. The zero-order valence-corrected chi connectivity index (χ0v) is 13.2. The Bertz CT molecular complexity index is 575. The van der Waals surface area contributed by atoms with Crippen LogP contribution in [0.4, 0.5) is 23.7 Å². The molecule has 1 aliphatic rings. The van der Waals surface area contributed by atoms with Crippen LogP contribution in [-0.4, -0.2) is 18.7 Å². The average molecular weight is 330 g/mol. The summed E-state index contributed by atoms with van der Waals surface area (Å²) in [4.78, 5) is 13.8. The van der Waals surface area contributed by atoms with Crippen molar-refractivity contribution in [3.63, 3.8) is 0 Å². The summed E-state index contributed by atoms with van der Waals surface area (Å²) in [6.45, 7) is 4.06. The first kappa shape index (κ1) is 17.6. The molecule has 0 fully saturated rings. The Hall–Kier alpha value is -1.76. The van der Waals surface area contributed by atoms with Gasteiger partial charge in [-0.25, -0.2) is 4.79 Å². The summed E-state index contributed by atoms with van der Waals surface area (Å²) in [6.07, 6.45) is -3.24. The molecular formula is C16H21F3N2O2. The van der Waals surface area contributed by atoms with E-state index in [0.717, 1.165) is 12.1 Å². The number of benzene rings is 1. The second-order valence-corrected chi connectivity index (χ2v) is 5.66. The quantitative estimate of drug-likeness (QED) is 0.902. The molecule has 0 bridgehead atoms. The zero-order chi connectivity index (χ0) is 17.2. The predicted octanol–water partition coefficient (Wildman–Crippen LogP) is 4.24. The lowest BCUT2D eigenvalue weighted by atomic mass is 9.89. The van der Waals surface area contributed by atoms with Crippen molar-refractivity contribution in [3.8, 4) is 0 Å². The molecule has 2 atom stereocenters. The van der Waals surface area contributed by atoms with Gasteiger partial charge in [-0.1, -0.05) is 13.8 Å². The molecule has 0 radical (unpaired) electrons. The number of carbonyl (C=O) groups excluding carboxylic acids is 1. The number of carbonyl (C=O) groups is 1. The predicted molar refractivity (Wildman–Crippen MR) is 81.2 cm³/mol. The van der Waals surface area contributed by atoms with Gasteiger partial charge in [-0.3, -0.25) is 4.90 Å². The zero-order valence-electron chi connectivity index (χ0n) is 13.2. The van der Waals surface area contributed by atoms with Crippen LogP contribution in [0, 0.1) is 0 Å². The fourth-order valence-electron chi connectivity index (χ4n) is 2.82. The van der Waals surface area contributed by atoms with Crippen molar-refractivity contribution in [2.45, 2.75) is 51.4 Å². The third-order valence-corrected chi connectivity index (χ3v) is 4.00. The van der Waals surface area contributed by atoms with E-state index in [4.69, 9.17) is 10.5 Å². The largest absolute Gasteiger partial charge is 0.449 e. The number of hydrogen-bond donors (Lipinski definition) is 1. The lowest BCUT2D eigenvalue weighted by Gasteiger charge is -2.39. The van der Waals surface area contributed by atoms with Crippen LogP contribution in [0.1, 0.15) is 50.3 Å². The van der Waals surface area contributed by atoms with Crippen molar-refractivity contribution in [2.75, 3.05) is 11.5 Å². The van der Waals surface area contributed by atoms with Gasteiger partial charge in [0, 0.05) is 12.1 Å². The van der Waals surface area contributed by atoms with Gasteiger partial charge >= 0.3 is 12.3 Å². The molecule has 0 aromatic heterocycles. The molecule has 1 aromatic carbocycles. The normalized spacial score (nSPS) is 21.0. The lowest BCUT2D eigenvalue weighted by Crippen LogP contribution is -2.46. The molecule has 0 spiro atoms. The average Bonchev–Trinajstić information content (AvgIpc) is 2.51. The molecular weight excluding hydrogens is 309 g/mol. The molecule has 2 N–H and O–H groups in total. The standard InChI is InChI=1S/C16H21F3N2O2/c1-3-7-23-15(22)21-11(4-2)9-13(20)12-8-10(16(17,18)19)5-6-14(12)21/h5-6,8,11,13H,3-4,7,9,20H2,1-2H3/t11-,13+/m1/s1. The Morgan fingerprint density at radius 3 is 2.65 bits per heavy atom. The maximum Gasteiger partial charge on any atom is 0.416 e. The number of fused-ring (bicyclic) bond motifs is 1. The van der Waals surface area contributed by atoms with E-state index in [1.165, 1.54) is 11.0 Å². The van der Waals surface area contributed by atoms with Gasteiger partial charge in [-0.2, -0.15) is 13.2 Å². The van der Waals surface area contributed by atoms with Crippen LogP contribution in [0.3, 0.4) is 0 Å². The SMILES string of the molecule is CCCOC(=O)N1c2ccc(C(F)(F)F)cc2[C@@H](N)C[C@H]1CC. The Morgan fingerprint density at radius 2 is 2.09 bits per heavy atom. The molecule has 1 amide bonds. The van der Waals surface area contributed by atoms with Gasteiger partial charge in [-0.05, 0) is 43.0 Å². The monoisotopic (exact) mass is 330 g/mol. The summed E-state index contributed by atoms with van der Waals surface area (Å²) in [7, 11) is 0. The highest BCUT2D eigenvalue weighted by atomic mass is 19.4. The lowest BCUT2D eigenvalue weighted by molar-refractivity contribution is -0.137. The number of nitrogens with zero attached hydrogens (tertiary/aromatic N) is 1. The van der Waals surface area contributed by atoms with Crippen LogP contribution in [-0.2, 0) is 10.9 Å². The van der Waals surface area contributed by atoms with E-state index in [1.807, 2.05) is 13.8 Å². The number of amides is 1. The van der Waals surface area contributed by atoms with Crippen LogP contribution in [0.5, 0.6) is 0 Å². The molecule has 0 aliphatic carbocycles. The second-order valence-electron chi connectivity index (χ2n) is 5.66.